The predicted molar refractivity (Wildman–Crippen MR) is 57.7 cm³/mol. The van der Waals surface area contributed by atoms with Crippen LogP contribution < -0.4 is 5.32 Å². The maximum Gasteiger partial charge on any atom is 0.197 e. The lowest BCUT2D eigenvalue weighted by atomic mass is 9.89. The molecule has 1 aliphatic heterocycles. The minimum Gasteiger partial charge on any atom is -0.444 e. The number of rotatable bonds is 1. The van der Waals surface area contributed by atoms with Gasteiger partial charge in [0.1, 0.15) is 5.76 Å². The first kappa shape index (κ1) is 9.40. The Morgan fingerprint density at radius 3 is 2.87 bits per heavy atom. The first-order valence-corrected chi connectivity index (χ1v) is 6.12. The quantitative estimate of drug-likeness (QED) is 0.766. The molecule has 82 valence electrons. The molecule has 1 aromatic rings. The van der Waals surface area contributed by atoms with Crippen LogP contribution in [0.25, 0.3) is 0 Å². The highest BCUT2D eigenvalue weighted by Gasteiger charge is 2.23. The van der Waals surface area contributed by atoms with E-state index in [4.69, 9.17) is 4.42 Å². The molecule has 0 atom stereocenters. The van der Waals surface area contributed by atoms with E-state index in [1.165, 1.54) is 37.8 Å². The summed E-state index contributed by atoms with van der Waals surface area (Å²) in [4.78, 5) is 4.67. The van der Waals surface area contributed by atoms with Gasteiger partial charge in [-0.3, -0.25) is 0 Å². The number of hydrogen-bond acceptors (Lipinski definition) is 3. The Morgan fingerprint density at radius 1 is 1.20 bits per heavy atom. The Hall–Kier alpha value is -0.830. The van der Waals surface area contributed by atoms with E-state index in [-0.39, 0.29) is 0 Å². The van der Waals surface area contributed by atoms with E-state index >= 15 is 0 Å². The minimum absolute atomic E-state index is 0.601. The summed E-state index contributed by atoms with van der Waals surface area (Å²) >= 11 is 0. The van der Waals surface area contributed by atoms with Crippen molar-refractivity contribution in [2.45, 2.75) is 51.0 Å². The van der Waals surface area contributed by atoms with Crippen molar-refractivity contribution in [3.8, 4) is 0 Å². The van der Waals surface area contributed by atoms with Crippen molar-refractivity contribution >= 4 is 0 Å². The zero-order valence-electron chi connectivity index (χ0n) is 9.09. The van der Waals surface area contributed by atoms with Crippen LogP contribution in [-0.2, 0) is 13.0 Å². The molecule has 3 heteroatoms. The number of nitrogens with zero attached hydrogens (tertiary/aromatic N) is 1. The standard InChI is InChI=1S/C12H18N2O/c1-2-4-9(5-3-1)12-14-10-6-7-13-8-11(10)15-12/h9,13H,1-8H2. The molecule has 1 aliphatic carbocycles. The molecule has 15 heavy (non-hydrogen) atoms. The van der Waals surface area contributed by atoms with Crippen molar-refractivity contribution in [1.82, 2.24) is 10.3 Å². The van der Waals surface area contributed by atoms with E-state index in [0.717, 1.165) is 31.2 Å². The van der Waals surface area contributed by atoms with Crippen molar-refractivity contribution in [1.29, 1.82) is 0 Å². The second kappa shape index (κ2) is 3.97. The first-order chi connectivity index (χ1) is 7.43. The molecule has 1 fully saturated rings. The summed E-state index contributed by atoms with van der Waals surface area (Å²) in [5.74, 6) is 2.70. The molecular weight excluding hydrogens is 188 g/mol. The highest BCUT2D eigenvalue weighted by Crippen LogP contribution is 2.33. The lowest BCUT2D eigenvalue weighted by Crippen LogP contribution is -2.22. The van der Waals surface area contributed by atoms with Crippen LogP contribution in [0.2, 0.25) is 0 Å². The van der Waals surface area contributed by atoms with Gasteiger partial charge < -0.3 is 9.73 Å². The van der Waals surface area contributed by atoms with Gasteiger partial charge in [0.15, 0.2) is 5.89 Å². The van der Waals surface area contributed by atoms with Crippen molar-refractivity contribution < 1.29 is 4.42 Å². The van der Waals surface area contributed by atoms with Gasteiger partial charge in [0.2, 0.25) is 0 Å². The van der Waals surface area contributed by atoms with Gasteiger partial charge >= 0.3 is 0 Å². The third kappa shape index (κ3) is 1.81. The fourth-order valence-corrected chi connectivity index (χ4v) is 2.67. The zero-order chi connectivity index (χ0) is 10.1. The largest absolute Gasteiger partial charge is 0.444 e. The van der Waals surface area contributed by atoms with Crippen LogP contribution in [0, 0.1) is 0 Å². The van der Waals surface area contributed by atoms with E-state index in [0.29, 0.717) is 5.92 Å². The van der Waals surface area contributed by atoms with Crippen LogP contribution in [-0.4, -0.2) is 11.5 Å². The summed E-state index contributed by atoms with van der Waals surface area (Å²) in [6.07, 6.45) is 7.65. The number of hydrogen-bond donors (Lipinski definition) is 1. The molecule has 0 radical (unpaired) electrons. The molecule has 1 N–H and O–H groups in total. The monoisotopic (exact) mass is 206 g/mol. The maximum absolute atomic E-state index is 5.87. The van der Waals surface area contributed by atoms with Crippen LogP contribution in [0.1, 0.15) is 55.4 Å². The third-order valence-corrected chi connectivity index (χ3v) is 3.57. The Balaban J connectivity index is 1.82. The molecule has 2 aliphatic rings. The fraction of sp³-hybridized carbons (Fsp3) is 0.750. The average molecular weight is 206 g/mol. The molecule has 3 rings (SSSR count). The number of oxazole rings is 1. The molecule has 0 saturated heterocycles. The van der Waals surface area contributed by atoms with Crippen molar-refractivity contribution in [2.24, 2.45) is 0 Å². The second-order valence-electron chi connectivity index (χ2n) is 4.68. The molecule has 0 bridgehead atoms. The second-order valence-corrected chi connectivity index (χ2v) is 4.68. The molecule has 1 saturated carbocycles. The minimum atomic E-state index is 0.601. The van der Waals surface area contributed by atoms with Gasteiger partial charge in [-0.1, -0.05) is 19.3 Å². The maximum atomic E-state index is 5.87. The number of fused-ring (bicyclic) bond motifs is 1. The highest BCUT2D eigenvalue weighted by atomic mass is 16.4. The normalized spacial score (nSPS) is 22.7. The van der Waals surface area contributed by atoms with Crippen molar-refractivity contribution in [2.75, 3.05) is 6.54 Å². The third-order valence-electron chi connectivity index (χ3n) is 3.57. The van der Waals surface area contributed by atoms with Crippen LogP contribution in [0.5, 0.6) is 0 Å². The molecule has 0 spiro atoms. The smallest absolute Gasteiger partial charge is 0.197 e. The predicted octanol–water partition coefficient (Wildman–Crippen LogP) is 2.37. The summed E-state index contributed by atoms with van der Waals surface area (Å²) in [6, 6.07) is 0. The van der Waals surface area contributed by atoms with E-state index < -0.39 is 0 Å². The summed E-state index contributed by atoms with van der Waals surface area (Å²) in [7, 11) is 0. The molecular formula is C12H18N2O. The van der Waals surface area contributed by atoms with Crippen LogP contribution in [0.3, 0.4) is 0 Å². The topological polar surface area (TPSA) is 38.1 Å². The van der Waals surface area contributed by atoms with Gasteiger partial charge in [-0.2, -0.15) is 0 Å². The Kier molecular flexibility index (Phi) is 2.49. The van der Waals surface area contributed by atoms with Gasteiger partial charge in [-0.05, 0) is 12.8 Å². The van der Waals surface area contributed by atoms with Gasteiger partial charge in [-0.15, -0.1) is 0 Å². The van der Waals surface area contributed by atoms with E-state index in [1.807, 2.05) is 0 Å². The number of nitrogens with one attached hydrogen (secondary N) is 1. The molecule has 0 aromatic carbocycles. The summed E-state index contributed by atoms with van der Waals surface area (Å²) in [5, 5.41) is 3.32. The van der Waals surface area contributed by atoms with Crippen molar-refractivity contribution in [3.05, 3.63) is 17.3 Å². The summed E-state index contributed by atoms with van der Waals surface area (Å²) in [5.41, 5.74) is 1.20. The average Bonchev–Trinajstić information content (AvgIpc) is 2.74. The van der Waals surface area contributed by atoms with Crippen LogP contribution in [0.4, 0.5) is 0 Å². The summed E-state index contributed by atoms with van der Waals surface area (Å²) in [6.45, 7) is 1.92. The van der Waals surface area contributed by atoms with Gasteiger partial charge in [0.25, 0.3) is 0 Å². The zero-order valence-corrected chi connectivity index (χ0v) is 9.09. The number of aromatic nitrogens is 1. The Bertz CT molecular complexity index is 316. The fourth-order valence-electron chi connectivity index (χ4n) is 2.67. The van der Waals surface area contributed by atoms with E-state index in [2.05, 4.69) is 10.3 Å². The first-order valence-electron chi connectivity index (χ1n) is 6.12. The van der Waals surface area contributed by atoms with Gasteiger partial charge in [-0.25, -0.2) is 4.98 Å². The summed E-state index contributed by atoms with van der Waals surface area (Å²) < 4.78 is 5.87. The van der Waals surface area contributed by atoms with E-state index in [9.17, 15) is 0 Å². The lowest BCUT2D eigenvalue weighted by molar-refractivity contribution is 0.346. The van der Waals surface area contributed by atoms with Gasteiger partial charge in [0, 0.05) is 18.9 Å². The van der Waals surface area contributed by atoms with Crippen molar-refractivity contribution in [3.63, 3.8) is 0 Å². The van der Waals surface area contributed by atoms with Gasteiger partial charge in [0.05, 0.1) is 12.2 Å². The molecule has 3 nitrogen and oxygen atoms in total. The molecule has 1 aromatic heterocycles. The highest BCUT2D eigenvalue weighted by molar-refractivity contribution is 5.14. The Labute approximate surface area is 90.3 Å². The molecule has 2 heterocycles. The van der Waals surface area contributed by atoms with Crippen LogP contribution in [0.15, 0.2) is 4.42 Å². The van der Waals surface area contributed by atoms with Crippen LogP contribution >= 0.6 is 0 Å². The lowest BCUT2D eigenvalue weighted by Gasteiger charge is -2.17. The molecule has 0 amide bonds. The Morgan fingerprint density at radius 2 is 2.07 bits per heavy atom. The SMILES string of the molecule is C1CCC(c2nc3c(o2)CNCC3)CC1. The molecule has 0 unspecified atom stereocenters. The van der Waals surface area contributed by atoms with E-state index in [1.54, 1.807) is 0 Å².